The van der Waals surface area contributed by atoms with Crippen LogP contribution in [0.15, 0.2) is 28.9 Å². The fraction of sp³-hybridized carbons (Fsp3) is 0.308. The third kappa shape index (κ3) is 2.04. The molecule has 0 unspecified atom stereocenters. The van der Waals surface area contributed by atoms with Crippen molar-refractivity contribution in [3.63, 3.8) is 0 Å². The molecule has 0 bridgehead atoms. The predicted molar refractivity (Wildman–Crippen MR) is 74.1 cm³/mol. The molecule has 94 valence electrons. The highest BCUT2D eigenvalue weighted by Crippen LogP contribution is 2.32. The number of halogens is 1. The van der Waals surface area contributed by atoms with Crippen LogP contribution in [-0.2, 0) is 4.74 Å². The molecule has 1 aromatic carbocycles. The molecule has 0 aliphatic carbocycles. The van der Waals surface area contributed by atoms with Crippen LogP contribution in [0.1, 0.15) is 0 Å². The number of anilines is 1. The van der Waals surface area contributed by atoms with Gasteiger partial charge < -0.3 is 14.7 Å². The number of pyridine rings is 1. The summed E-state index contributed by atoms with van der Waals surface area (Å²) in [6, 6.07) is 5.85. The van der Waals surface area contributed by atoms with Crippen LogP contribution in [0.2, 0.25) is 0 Å². The van der Waals surface area contributed by atoms with Crippen LogP contribution < -0.4 is 4.90 Å². The molecule has 4 nitrogen and oxygen atoms in total. The molecule has 18 heavy (non-hydrogen) atoms. The summed E-state index contributed by atoms with van der Waals surface area (Å²) >= 11 is 3.29. The van der Waals surface area contributed by atoms with E-state index in [1.54, 1.807) is 6.20 Å². The van der Waals surface area contributed by atoms with E-state index >= 15 is 0 Å². The Morgan fingerprint density at radius 3 is 2.83 bits per heavy atom. The molecule has 2 heterocycles. The summed E-state index contributed by atoms with van der Waals surface area (Å²) in [5.74, 6) is 0.195. The maximum absolute atomic E-state index is 9.92. The number of rotatable bonds is 1. The van der Waals surface area contributed by atoms with E-state index in [0.717, 1.165) is 37.4 Å². The molecule has 5 heteroatoms. The van der Waals surface area contributed by atoms with E-state index in [-0.39, 0.29) is 5.75 Å². The number of benzene rings is 1. The minimum absolute atomic E-state index is 0.195. The Labute approximate surface area is 113 Å². The lowest BCUT2D eigenvalue weighted by Gasteiger charge is -2.28. The van der Waals surface area contributed by atoms with Gasteiger partial charge in [0.1, 0.15) is 5.52 Å². The van der Waals surface area contributed by atoms with E-state index in [1.165, 1.54) is 0 Å². The van der Waals surface area contributed by atoms with Crippen molar-refractivity contribution in [1.29, 1.82) is 0 Å². The molecular formula is C13H13BrN2O2. The van der Waals surface area contributed by atoms with Crippen LogP contribution in [-0.4, -0.2) is 36.4 Å². The van der Waals surface area contributed by atoms with Crippen molar-refractivity contribution in [3.8, 4) is 5.75 Å². The van der Waals surface area contributed by atoms with E-state index in [9.17, 15) is 5.11 Å². The third-order valence-electron chi connectivity index (χ3n) is 3.14. The first kappa shape index (κ1) is 11.7. The van der Waals surface area contributed by atoms with Crippen LogP contribution in [0.5, 0.6) is 5.75 Å². The van der Waals surface area contributed by atoms with Crippen molar-refractivity contribution in [1.82, 2.24) is 4.98 Å². The second kappa shape index (κ2) is 4.74. The first-order valence-corrected chi connectivity index (χ1v) is 6.65. The monoisotopic (exact) mass is 308 g/mol. The lowest BCUT2D eigenvalue weighted by atomic mass is 10.2. The van der Waals surface area contributed by atoms with Crippen molar-refractivity contribution in [2.75, 3.05) is 31.2 Å². The topological polar surface area (TPSA) is 45.6 Å². The molecular weight excluding hydrogens is 296 g/mol. The smallest absolute Gasteiger partial charge is 0.156 e. The first-order valence-electron chi connectivity index (χ1n) is 5.85. The Bertz CT molecular complexity index is 582. The molecule has 0 amide bonds. The van der Waals surface area contributed by atoms with Gasteiger partial charge in [-0.05, 0) is 28.1 Å². The van der Waals surface area contributed by atoms with E-state index < -0.39 is 0 Å². The zero-order chi connectivity index (χ0) is 12.5. The zero-order valence-corrected chi connectivity index (χ0v) is 11.4. The summed E-state index contributed by atoms with van der Waals surface area (Å²) in [6.07, 6.45) is 1.81. The number of ether oxygens (including phenoxy) is 1. The highest BCUT2D eigenvalue weighted by atomic mass is 79.9. The third-order valence-corrected chi connectivity index (χ3v) is 3.78. The molecule has 3 rings (SSSR count). The van der Waals surface area contributed by atoms with Gasteiger partial charge in [0.2, 0.25) is 0 Å². The van der Waals surface area contributed by atoms with E-state index in [4.69, 9.17) is 4.74 Å². The highest BCUT2D eigenvalue weighted by molar-refractivity contribution is 9.10. The van der Waals surface area contributed by atoms with Gasteiger partial charge in [0.05, 0.1) is 29.6 Å². The average molecular weight is 309 g/mol. The van der Waals surface area contributed by atoms with Gasteiger partial charge in [0.15, 0.2) is 5.75 Å². The van der Waals surface area contributed by atoms with Gasteiger partial charge in [-0.25, -0.2) is 0 Å². The molecule has 0 radical (unpaired) electrons. The molecule has 1 aliphatic rings. The van der Waals surface area contributed by atoms with Crippen molar-refractivity contribution < 1.29 is 9.84 Å². The van der Waals surface area contributed by atoms with Gasteiger partial charge in [0, 0.05) is 18.5 Å². The van der Waals surface area contributed by atoms with Crippen molar-refractivity contribution >= 4 is 32.5 Å². The molecule has 2 aromatic rings. The van der Waals surface area contributed by atoms with Gasteiger partial charge in [-0.2, -0.15) is 0 Å². The Kier molecular flexibility index (Phi) is 3.09. The number of hydrogen-bond acceptors (Lipinski definition) is 4. The van der Waals surface area contributed by atoms with Crippen LogP contribution in [0.3, 0.4) is 0 Å². The minimum Gasteiger partial charge on any atom is -0.505 e. The Balaban J connectivity index is 2.03. The van der Waals surface area contributed by atoms with Gasteiger partial charge in [-0.1, -0.05) is 6.07 Å². The molecule has 1 N–H and O–H groups in total. The lowest BCUT2D eigenvalue weighted by Crippen LogP contribution is -2.36. The number of aromatic hydroxyl groups is 1. The Hall–Kier alpha value is -1.33. The molecule has 0 spiro atoms. The van der Waals surface area contributed by atoms with E-state index in [2.05, 4.69) is 31.9 Å². The molecule has 1 aliphatic heterocycles. The second-order valence-electron chi connectivity index (χ2n) is 4.26. The summed E-state index contributed by atoms with van der Waals surface area (Å²) in [6.45, 7) is 3.28. The molecule has 0 atom stereocenters. The van der Waals surface area contributed by atoms with E-state index in [1.807, 2.05) is 12.1 Å². The quantitative estimate of drug-likeness (QED) is 0.879. The maximum Gasteiger partial charge on any atom is 0.156 e. The number of phenolic OH excluding ortho intramolecular Hbond substituents is 1. The van der Waals surface area contributed by atoms with Crippen LogP contribution in [0, 0.1) is 0 Å². The number of morpholine rings is 1. The van der Waals surface area contributed by atoms with Crippen molar-refractivity contribution in [2.45, 2.75) is 0 Å². The van der Waals surface area contributed by atoms with E-state index in [0.29, 0.717) is 9.99 Å². The van der Waals surface area contributed by atoms with Crippen LogP contribution in [0.4, 0.5) is 5.69 Å². The predicted octanol–water partition coefficient (Wildman–Crippen LogP) is 2.54. The average Bonchev–Trinajstić information content (AvgIpc) is 2.44. The van der Waals surface area contributed by atoms with Gasteiger partial charge in [-0.3, -0.25) is 4.98 Å². The SMILES string of the molecule is Oc1c(Br)ccc2cc(N3CCOCC3)cnc12. The van der Waals surface area contributed by atoms with Gasteiger partial charge in [-0.15, -0.1) is 0 Å². The normalized spacial score (nSPS) is 16.2. The zero-order valence-electron chi connectivity index (χ0n) is 9.77. The first-order chi connectivity index (χ1) is 8.75. The second-order valence-corrected chi connectivity index (χ2v) is 5.11. The number of aromatic nitrogens is 1. The van der Waals surface area contributed by atoms with Crippen LogP contribution >= 0.6 is 15.9 Å². The van der Waals surface area contributed by atoms with Gasteiger partial charge >= 0.3 is 0 Å². The lowest BCUT2D eigenvalue weighted by molar-refractivity contribution is 0.122. The standard InChI is InChI=1S/C13H13BrN2O2/c14-11-2-1-9-7-10(8-15-12(9)13(11)17)16-3-5-18-6-4-16/h1-2,7-8,17H,3-6H2. The fourth-order valence-electron chi connectivity index (χ4n) is 2.14. The maximum atomic E-state index is 9.92. The largest absolute Gasteiger partial charge is 0.505 e. The Morgan fingerprint density at radius 2 is 2.06 bits per heavy atom. The van der Waals surface area contributed by atoms with Gasteiger partial charge in [0.25, 0.3) is 0 Å². The molecule has 0 saturated carbocycles. The number of nitrogens with zero attached hydrogens (tertiary/aromatic N) is 2. The molecule has 1 aromatic heterocycles. The fourth-order valence-corrected chi connectivity index (χ4v) is 2.46. The van der Waals surface area contributed by atoms with Crippen molar-refractivity contribution in [2.24, 2.45) is 0 Å². The summed E-state index contributed by atoms with van der Waals surface area (Å²) in [5, 5.41) is 10.9. The Morgan fingerprint density at radius 1 is 1.28 bits per heavy atom. The molecule has 1 saturated heterocycles. The highest BCUT2D eigenvalue weighted by Gasteiger charge is 2.13. The summed E-state index contributed by atoms with van der Waals surface area (Å²) in [5.41, 5.74) is 1.70. The number of fused-ring (bicyclic) bond motifs is 1. The minimum atomic E-state index is 0.195. The number of phenols is 1. The summed E-state index contributed by atoms with van der Waals surface area (Å²) in [4.78, 5) is 6.60. The summed E-state index contributed by atoms with van der Waals surface area (Å²) < 4.78 is 6.00. The van der Waals surface area contributed by atoms with Crippen molar-refractivity contribution in [3.05, 3.63) is 28.9 Å². The molecule has 1 fully saturated rings. The number of hydrogen-bond donors (Lipinski definition) is 1. The summed E-state index contributed by atoms with van der Waals surface area (Å²) in [7, 11) is 0. The van der Waals surface area contributed by atoms with Crippen LogP contribution in [0.25, 0.3) is 10.9 Å².